The normalized spacial score (nSPS) is 22.5. The zero-order valence-electron chi connectivity index (χ0n) is 12.7. The Morgan fingerprint density at radius 2 is 2.33 bits per heavy atom. The molecule has 2 aliphatic heterocycles. The van der Waals surface area contributed by atoms with E-state index in [0.717, 1.165) is 51.1 Å². The highest BCUT2D eigenvalue weighted by Crippen LogP contribution is 2.21. The van der Waals surface area contributed by atoms with Crippen molar-refractivity contribution in [2.75, 3.05) is 19.7 Å². The molecule has 1 atom stereocenters. The molecule has 3 heterocycles. The van der Waals surface area contributed by atoms with E-state index in [1.165, 1.54) is 11.3 Å². The molecule has 0 radical (unpaired) electrons. The summed E-state index contributed by atoms with van der Waals surface area (Å²) in [7, 11) is 0. The van der Waals surface area contributed by atoms with Gasteiger partial charge in [-0.3, -0.25) is 9.69 Å². The van der Waals surface area contributed by atoms with Crippen LogP contribution in [0.5, 0.6) is 0 Å². The minimum absolute atomic E-state index is 0.129. The zero-order chi connectivity index (χ0) is 14.8. The number of fused-ring (bicyclic) bond motifs is 1. The molecule has 1 aromatic heterocycles. The molecule has 1 unspecified atom stereocenters. The van der Waals surface area contributed by atoms with Crippen molar-refractivity contribution in [2.45, 2.75) is 51.1 Å². The lowest BCUT2D eigenvalue weighted by Gasteiger charge is -2.30. The SMILES string of the molecule is CCN1CCc2c(cc(CS)c(=O)n2CC2CCCO2)C1. The van der Waals surface area contributed by atoms with Gasteiger partial charge < -0.3 is 9.30 Å². The van der Waals surface area contributed by atoms with E-state index in [9.17, 15) is 4.79 Å². The summed E-state index contributed by atoms with van der Waals surface area (Å²) in [6.07, 6.45) is 3.33. The summed E-state index contributed by atoms with van der Waals surface area (Å²) in [6, 6.07) is 2.07. The fourth-order valence-electron chi connectivity index (χ4n) is 3.41. The van der Waals surface area contributed by atoms with Crippen LogP contribution in [0.1, 0.15) is 36.6 Å². The average molecular weight is 308 g/mol. The van der Waals surface area contributed by atoms with Crippen molar-refractivity contribution in [2.24, 2.45) is 0 Å². The number of hydrogen-bond donors (Lipinski definition) is 1. The second-order valence-corrected chi connectivity index (χ2v) is 6.29. The molecule has 0 saturated carbocycles. The molecule has 1 aromatic rings. The Bertz CT molecular complexity index is 564. The smallest absolute Gasteiger partial charge is 0.254 e. The fourth-order valence-corrected chi connectivity index (χ4v) is 3.64. The van der Waals surface area contributed by atoms with Crippen LogP contribution in [0, 0.1) is 0 Å². The molecule has 21 heavy (non-hydrogen) atoms. The third kappa shape index (κ3) is 3.05. The van der Waals surface area contributed by atoms with Gasteiger partial charge in [0, 0.05) is 43.1 Å². The maximum absolute atomic E-state index is 12.7. The Morgan fingerprint density at radius 1 is 1.48 bits per heavy atom. The number of hydrogen-bond acceptors (Lipinski definition) is 4. The van der Waals surface area contributed by atoms with Crippen LogP contribution in [-0.4, -0.2) is 35.3 Å². The van der Waals surface area contributed by atoms with E-state index in [-0.39, 0.29) is 11.7 Å². The number of thiol groups is 1. The second-order valence-electron chi connectivity index (χ2n) is 5.97. The minimum atomic E-state index is 0.129. The lowest BCUT2D eigenvalue weighted by molar-refractivity contribution is 0.0947. The van der Waals surface area contributed by atoms with Crippen molar-refractivity contribution < 1.29 is 4.74 Å². The van der Waals surface area contributed by atoms with Crippen molar-refractivity contribution in [1.82, 2.24) is 9.47 Å². The maximum atomic E-state index is 12.7. The van der Waals surface area contributed by atoms with Gasteiger partial charge in [-0.05, 0) is 31.0 Å². The average Bonchev–Trinajstić information content (AvgIpc) is 3.02. The second kappa shape index (κ2) is 6.55. The monoisotopic (exact) mass is 308 g/mol. The number of likely N-dealkylation sites (N-methyl/N-ethyl adjacent to an activating group) is 1. The van der Waals surface area contributed by atoms with Crippen LogP contribution in [0.15, 0.2) is 10.9 Å². The van der Waals surface area contributed by atoms with Gasteiger partial charge in [-0.1, -0.05) is 6.92 Å². The van der Waals surface area contributed by atoms with Crippen LogP contribution in [0.3, 0.4) is 0 Å². The quantitative estimate of drug-likeness (QED) is 0.862. The Hall–Kier alpha value is -0.780. The highest BCUT2D eigenvalue weighted by molar-refractivity contribution is 7.79. The summed E-state index contributed by atoms with van der Waals surface area (Å²) in [5.41, 5.74) is 3.45. The molecule has 116 valence electrons. The fraction of sp³-hybridized carbons (Fsp3) is 0.688. The van der Waals surface area contributed by atoms with E-state index in [0.29, 0.717) is 12.3 Å². The first-order chi connectivity index (χ1) is 10.2. The van der Waals surface area contributed by atoms with Crippen LogP contribution in [0.2, 0.25) is 0 Å². The minimum Gasteiger partial charge on any atom is -0.376 e. The van der Waals surface area contributed by atoms with Gasteiger partial charge in [-0.15, -0.1) is 0 Å². The molecule has 3 rings (SSSR count). The Labute approximate surface area is 131 Å². The molecular weight excluding hydrogens is 284 g/mol. The molecule has 0 N–H and O–H groups in total. The van der Waals surface area contributed by atoms with E-state index in [1.54, 1.807) is 0 Å². The standard InChI is InChI=1S/C16H24N2O2S/c1-2-17-6-5-15-12(9-17)8-13(11-21)16(19)18(15)10-14-4-3-7-20-14/h8,14,21H,2-7,9-11H2,1H3. The topological polar surface area (TPSA) is 34.5 Å². The molecule has 0 amide bonds. The summed E-state index contributed by atoms with van der Waals surface area (Å²) in [5.74, 6) is 0.504. The summed E-state index contributed by atoms with van der Waals surface area (Å²) in [6.45, 7) is 6.76. The van der Waals surface area contributed by atoms with Gasteiger partial charge in [-0.2, -0.15) is 12.6 Å². The van der Waals surface area contributed by atoms with E-state index < -0.39 is 0 Å². The van der Waals surface area contributed by atoms with Gasteiger partial charge in [0.1, 0.15) is 0 Å². The van der Waals surface area contributed by atoms with Crippen LogP contribution in [0.4, 0.5) is 0 Å². The van der Waals surface area contributed by atoms with Gasteiger partial charge in [0.25, 0.3) is 5.56 Å². The number of nitrogens with zero attached hydrogens (tertiary/aromatic N) is 2. The van der Waals surface area contributed by atoms with Crippen LogP contribution < -0.4 is 5.56 Å². The third-order valence-electron chi connectivity index (χ3n) is 4.65. The van der Waals surface area contributed by atoms with Gasteiger partial charge in [-0.25, -0.2) is 0 Å². The number of aromatic nitrogens is 1. The summed E-state index contributed by atoms with van der Waals surface area (Å²) >= 11 is 4.33. The molecule has 1 saturated heterocycles. The van der Waals surface area contributed by atoms with Crippen LogP contribution >= 0.6 is 12.6 Å². The predicted molar refractivity (Wildman–Crippen MR) is 87.0 cm³/mol. The first-order valence-electron chi connectivity index (χ1n) is 7.92. The molecule has 0 spiro atoms. The van der Waals surface area contributed by atoms with Crippen molar-refractivity contribution in [3.05, 3.63) is 33.2 Å². The zero-order valence-corrected chi connectivity index (χ0v) is 13.6. The Balaban J connectivity index is 1.98. The highest BCUT2D eigenvalue weighted by atomic mass is 32.1. The van der Waals surface area contributed by atoms with Gasteiger partial charge in [0.2, 0.25) is 0 Å². The third-order valence-corrected chi connectivity index (χ3v) is 4.99. The van der Waals surface area contributed by atoms with Crippen molar-refractivity contribution in [3.8, 4) is 0 Å². The molecule has 0 bridgehead atoms. The molecule has 4 nitrogen and oxygen atoms in total. The first kappa shape index (κ1) is 15.1. The summed E-state index contributed by atoms with van der Waals surface area (Å²) in [5, 5.41) is 0. The molecule has 2 aliphatic rings. The number of rotatable bonds is 4. The van der Waals surface area contributed by atoms with E-state index >= 15 is 0 Å². The van der Waals surface area contributed by atoms with Gasteiger partial charge in [0.15, 0.2) is 0 Å². The lowest BCUT2D eigenvalue weighted by Crippen LogP contribution is -2.38. The van der Waals surface area contributed by atoms with Crippen molar-refractivity contribution >= 4 is 12.6 Å². The van der Waals surface area contributed by atoms with E-state index in [1.807, 2.05) is 4.57 Å². The Morgan fingerprint density at radius 3 is 3.00 bits per heavy atom. The van der Waals surface area contributed by atoms with Gasteiger partial charge in [0.05, 0.1) is 12.6 Å². The summed E-state index contributed by atoms with van der Waals surface area (Å²) in [4.78, 5) is 15.1. The maximum Gasteiger partial charge on any atom is 0.254 e. The molecule has 1 fully saturated rings. The van der Waals surface area contributed by atoms with Crippen LogP contribution in [0.25, 0.3) is 0 Å². The van der Waals surface area contributed by atoms with Crippen molar-refractivity contribution in [1.29, 1.82) is 0 Å². The van der Waals surface area contributed by atoms with Crippen LogP contribution in [-0.2, 0) is 30.0 Å². The van der Waals surface area contributed by atoms with Crippen molar-refractivity contribution in [3.63, 3.8) is 0 Å². The lowest BCUT2D eigenvalue weighted by atomic mass is 10.0. The molecule has 0 aromatic carbocycles. The number of pyridine rings is 1. The van der Waals surface area contributed by atoms with Gasteiger partial charge >= 0.3 is 0 Å². The number of ether oxygens (including phenoxy) is 1. The predicted octanol–water partition coefficient (Wildman–Crippen LogP) is 1.84. The first-order valence-corrected chi connectivity index (χ1v) is 8.55. The molecule has 5 heteroatoms. The molecular formula is C16H24N2O2S. The van der Waals surface area contributed by atoms with E-state index in [2.05, 4.69) is 30.5 Å². The summed E-state index contributed by atoms with van der Waals surface area (Å²) < 4.78 is 7.71. The highest BCUT2D eigenvalue weighted by Gasteiger charge is 2.24. The largest absolute Gasteiger partial charge is 0.376 e. The van der Waals surface area contributed by atoms with E-state index in [4.69, 9.17) is 4.74 Å². The molecule has 0 aliphatic carbocycles. The Kier molecular flexibility index (Phi) is 4.72.